The van der Waals surface area contributed by atoms with Gasteiger partial charge in [-0.1, -0.05) is 13.8 Å². The van der Waals surface area contributed by atoms with Crippen molar-refractivity contribution in [2.45, 2.75) is 46.5 Å². The van der Waals surface area contributed by atoms with E-state index in [-0.39, 0.29) is 5.91 Å². The van der Waals surface area contributed by atoms with Gasteiger partial charge in [-0.15, -0.1) is 0 Å². The molecule has 0 bridgehead atoms. The van der Waals surface area contributed by atoms with Crippen molar-refractivity contribution < 1.29 is 4.79 Å². The number of amides is 1. The number of rotatable bonds is 9. The van der Waals surface area contributed by atoms with E-state index < -0.39 is 0 Å². The molecule has 0 radical (unpaired) electrons. The topological polar surface area (TPSA) is 32.3 Å². The summed E-state index contributed by atoms with van der Waals surface area (Å²) in [5.41, 5.74) is 0. The summed E-state index contributed by atoms with van der Waals surface area (Å²) >= 11 is 0. The predicted molar refractivity (Wildman–Crippen MR) is 64.9 cm³/mol. The van der Waals surface area contributed by atoms with Crippen molar-refractivity contribution >= 4 is 5.91 Å². The Morgan fingerprint density at radius 3 is 2.40 bits per heavy atom. The van der Waals surface area contributed by atoms with Crippen LogP contribution in [-0.2, 0) is 4.79 Å². The van der Waals surface area contributed by atoms with Crippen LogP contribution >= 0.6 is 0 Å². The van der Waals surface area contributed by atoms with E-state index in [0.717, 1.165) is 32.5 Å². The molecule has 0 rings (SSSR count). The van der Waals surface area contributed by atoms with Crippen LogP contribution in [0.25, 0.3) is 0 Å². The first kappa shape index (κ1) is 14.4. The van der Waals surface area contributed by atoms with Gasteiger partial charge in [-0.2, -0.15) is 0 Å². The summed E-state index contributed by atoms with van der Waals surface area (Å²) in [4.78, 5) is 13.6. The fourth-order valence-electron chi connectivity index (χ4n) is 1.65. The highest BCUT2D eigenvalue weighted by atomic mass is 16.1. The zero-order valence-corrected chi connectivity index (χ0v) is 10.5. The van der Waals surface area contributed by atoms with Crippen molar-refractivity contribution in [2.24, 2.45) is 0 Å². The highest BCUT2D eigenvalue weighted by Crippen LogP contribution is 1.99. The molecule has 0 unspecified atom stereocenters. The molecule has 1 amide bonds. The molecule has 1 N–H and O–H groups in total. The average Bonchev–Trinajstić information content (AvgIpc) is 2.23. The SMILES string of the molecule is CCCN(CC)CCCCC(=O)NCC. The van der Waals surface area contributed by atoms with E-state index in [1.54, 1.807) is 0 Å². The van der Waals surface area contributed by atoms with Crippen molar-refractivity contribution in [3.05, 3.63) is 0 Å². The van der Waals surface area contributed by atoms with Crippen LogP contribution < -0.4 is 5.32 Å². The predicted octanol–water partition coefficient (Wildman–Crippen LogP) is 2.02. The van der Waals surface area contributed by atoms with Crippen LogP contribution in [0, 0.1) is 0 Å². The third kappa shape index (κ3) is 8.43. The smallest absolute Gasteiger partial charge is 0.219 e. The van der Waals surface area contributed by atoms with Gasteiger partial charge < -0.3 is 10.2 Å². The number of carbonyl (C=O) groups excluding carboxylic acids is 1. The van der Waals surface area contributed by atoms with Crippen molar-refractivity contribution in [1.82, 2.24) is 10.2 Å². The fourth-order valence-corrected chi connectivity index (χ4v) is 1.65. The number of carbonyl (C=O) groups is 1. The van der Waals surface area contributed by atoms with Crippen LogP contribution in [0.2, 0.25) is 0 Å². The summed E-state index contributed by atoms with van der Waals surface area (Å²) in [6.45, 7) is 10.5. The molecule has 0 aromatic heterocycles. The molecule has 0 fully saturated rings. The zero-order valence-electron chi connectivity index (χ0n) is 10.5. The highest BCUT2D eigenvalue weighted by molar-refractivity contribution is 5.75. The first-order valence-corrected chi connectivity index (χ1v) is 6.23. The standard InChI is InChI=1S/C12H26N2O/c1-4-10-14(6-3)11-8-7-9-12(15)13-5-2/h4-11H2,1-3H3,(H,13,15). The van der Waals surface area contributed by atoms with Crippen molar-refractivity contribution in [3.63, 3.8) is 0 Å². The molecule has 0 saturated heterocycles. The Balaban J connectivity index is 3.39. The van der Waals surface area contributed by atoms with Crippen molar-refractivity contribution in [1.29, 1.82) is 0 Å². The molecule has 0 heterocycles. The van der Waals surface area contributed by atoms with Crippen LogP contribution in [0.4, 0.5) is 0 Å². The maximum Gasteiger partial charge on any atom is 0.219 e. The minimum Gasteiger partial charge on any atom is -0.356 e. The minimum absolute atomic E-state index is 0.191. The molecule has 0 aromatic carbocycles. The summed E-state index contributed by atoms with van der Waals surface area (Å²) in [6.07, 6.45) is 4.03. The number of nitrogens with one attached hydrogen (secondary N) is 1. The zero-order chi connectivity index (χ0) is 11.5. The maximum absolute atomic E-state index is 11.2. The summed E-state index contributed by atoms with van der Waals surface area (Å²) < 4.78 is 0. The number of hydrogen-bond donors (Lipinski definition) is 1. The largest absolute Gasteiger partial charge is 0.356 e. The van der Waals surface area contributed by atoms with E-state index in [9.17, 15) is 4.79 Å². The fraction of sp³-hybridized carbons (Fsp3) is 0.917. The van der Waals surface area contributed by atoms with Gasteiger partial charge in [0, 0.05) is 13.0 Å². The Hall–Kier alpha value is -0.570. The summed E-state index contributed by atoms with van der Waals surface area (Å²) in [7, 11) is 0. The van der Waals surface area contributed by atoms with Gasteiger partial charge in [0.1, 0.15) is 0 Å². The molecule has 0 atom stereocenters. The summed E-state index contributed by atoms with van der Waals surface area (Å²) in [5, 5.41) is 2.82. The van der Waals surface area contributed by atoms with Gasteiger partial charge in [0.15, 0.2) is 0 Å². The van der Waals surface area contributed by atoms with Crippen LogP contribution in [0.3, 0.4) is 0 Å². The molecule has 0 saturated carbocycles. The van der Waals surface area contributed by atoms with E-state index in [1.807, 2.05) is 6.92 Å². The molecule has 90 valence electrons. The first-order chi connectivity index (χ1) is 7.24. The van der Waals surface area contributed by atoms with E-state index >= 15 is 0 Å². The third-order valence-corrected chi connectivity index (χ3v) is 2.49. The van der Waals surface area contributed by atoms with E-state index in [0.29, 0.717) is 6.42 Å². The van der Waals surface area contributed by atoms with Gasteiger partial charge in [-0.05, 0) is 45.8 Å². The molecule has 3 heteroatoms. The van der Waals surface area contributed by atoms with Crippen molar-refractivity contribution in [3.8, 4) is 0 Å². The Labute approximate surface area is 94.2 Å². The lowest BCUT2D eigenvalue weighted by atomic mass is 10.2. The average molecular weight is 214 g/mol. The molecular weight excluding hydrogens is 188 g/mol. The van der Waals surface area contributed by atoms with Crippen LogP contribution in [-0.4, -0.2) is 37.0 Å². The van der Waals surface area contributed by atoms with E-state index in [2.05, 4.69) is 24.1 Å². The van der Waals surface area contributed by atoms with Crippen LogP contribution in [0.15, 0.2) is 0 Å². The second-order valence-electron chi connectivity index (χ2n) is 3.84. The molecule has 0 aliphatic rings. The lowest BCUT2D eigenvalue weighted by Crippen LogP contribution is -2.26. The minimum atomic E-state index is 0.191. The molecule has 3 nitrogen and oxygen atoms in total. The Kier molecular flexibility index (Phi) is 9.59. The Morgan fingerprint density at radius 1 is 1.13 bits per heavy atom. The van der Waals surface area contributed by atoms with Gasteiger partial charge in [0.2, 0.25) is 5.91 Å². The molecular formula is C12H26N2O. The number of nitrogens with zero attached hydrogens (tertiary/aromatic N) is 1. The second kappa shape index (κ2) is 9.97. The highest BCUT2D eigenvalue weighted by Gasteiger charge is 2.02. The number of unbranched alkanes of at least 4 members (excludes halogenated alkanes) is 1. The second-order valence-corrected chi connectivity index (χ2v) is 3.84. The number of hydrogen-bond acceptors (Lipinski definition) is 2. The maximum atomic E-state index is 11.2. The Morgan fingerprint density at radius 2 is 1.87 bits per heavy atom. The summed E-state index contributed by atoms with van der Waals surface area (Å²) in [5.74, 6) is 0.191. The van der Waals surface area contributed by atoms with Gasteiger partial charge in [0.25, 0.3) is 0 Å². The normalized spacial score (nSPS) is 10.7. The first-order valence-electron chi connectivity index (χ1n) is 6.23. The molecule has 0 aromatic rings. The van der Waals surface area contributed by atoms with Gasteiger partial charge in [-0.25, -0.2) is 0 Å². The van der Waals surface area contributed by atoms with E-state index in [4.69, 9.17) is 0 Å². The summed E-state index contributed by atoms with van der Waals surface area (Å²) in [6, 6.07) is 0. The molecule has 0 aliphatic heterocycles. The Bertz CT molecular complexity index is 160. The van der Waals surface area contributed by atoms with Gasteiger partial charge >= 0.3 is 0 Å². The van der Waals surface area contributed by atoms with Crippen LogP contribution in [0.5, 0.6) is 0 Å². The van der Waals surface area contributed by atoms with Crippen LogP contribution in [0.1, 0.15) is 46.5 Å². The quantitative estimate of drug-likeness (QED) is 0.596. The third-order valence-electron chi connectivity index (χ3n) is 2.49. The molecule has 0 aliphatic carbocycles. The molecule has 15 heavy (non-hydrogen) atoms. The lowest BCUT2D eigenvalue weighted by molar-refractivity contribution is -0.121. The van der Waals surface area contributed by atoms with Gasteiger partial charge in [0.05, 0.1) is 0 Å². The molecule has 0 spiro atoms. The van der Waals surface area contributed by atoms with Crippen molar-refractivity contribution in [2.75, 3.05) is 26.2 Å². The monoisotopic (exact) mass is 214 g/mol. The van der Waals surface area contributed by atoms with E-state index in [1.165, 1.54) is 13.0 Å². The van der Waals surface area contributed by atoms with Gasteiger partial charge in [-0.3, -0.25) is 4.79 Å². The lowest BCUT2D eigenvalue weighted by Gasteiger charge is -2.18.